The Balaban J connectivity index is 2.81. The third-order valence-corrected chi connectivity index (χ3v) is 2.90. The summed E-state index contributed by atoms with van der Waals surface area (Å²) in [6.45, 7) is 5.86. The summed E-state index contributed by atoms with van der Waals surface area (Å²) in [5.41, 5.74) is 5.00. The molecule has 0 aliphatic rings. The molecule has 22 heavy (non-hydrogen) atoms. The summed E-state index contributed by atoms with van der Waals surface area (Å²) >= 11 is 0. The third kappa shape index (κ3) is 6.82. The van der Waals surface area contributed by atoms with E-state index in [1.54, 1.807) is 0 Å². The number of benzene rings is 1. The number of carbonyl (C=O) groups is 1. The molecule has 0 aliphatic carbocycles. The number of β-amino-alcohol motifs (C(OH)–C–C–N with tert-alkyl or cyclic N) is 1. The van der Waals surface area contributed by atoms with Crippen LogP contribution in [0.2, 0.25) is 0 Å². The maximum atomic E-state index is 13.2. The summed E-state index contributed by atoms with van der Waals surface area (Å²) in [6, 6.07) is 2.97. The van der Waals surface area contributed by atoms with Gasteiger partial charge < -0.3 is 20.9 Å². The molecule has 1 aromatic carbocycles. The van der Waals surface area contributed by atoms with Crippen molar-refractivity contribution in [2.75, 3.05) is 6.54 Å². The zero-order valence-corrected chi connectivity index (χ0v) is 12.9. The maximum absolute atomic E-state index is 13.2. The van der Waals surface area contributed by atoms with Crippen LogP contribution in [-0.4, -0.2) is 35.5 Å². The second-order valence-corrected chi connectivity index (χ2v) is 6.16. The number of hydrogen-bond donors (Lipinski definition) is 3. The molecule has 0 fully saturated rings. The highest BCUT2D eigenvalue weighted by atomic mass is 19.1. The van der Waals surface area contributed by atoms with E-state index in [0.29, 0.717) is 0 Å². The number of aliphatic hydroxyl groups is 1. The fourth-order valence-electron chi connectivity index (χ4n) is 1.91. The molecule has 0 bridgehead atoms. The highest BCUT2D eigenvalue weighted by Gasteiger charge is 2.25. The van der Waals surface area contributed by atoms with Gasteiger partial charge in [0.25, 0.3) is 0 Å². The Morgan fingerprint density at radius 2 is 1.86 bits per heavy atom. The van der Waals surface area contributed by atoms with Crippen molar-refractivity contribution in [2.24, 2.45) is 5.73 Å². The zero-order valence-electron chi connectivity index (χ0n) is 12.9. The number of ether oxygens (including phenoxy) is 1. The lowest BCUT2D eigenvalue weighted by atomic mass is 10.0. The summed E-state index contributed by atoms with van der Waals surface area (Å²) in [5.74, 6) is -1.48. The van der Waals surface area contributed by atoms with E-state index in [1.807, 2.05) is 20.8 Å². The number of aliphatic hydroxyl groups excluding tert-OH is 1. The SMILES string of the molecule is CC(C)(C)NCC(O)C(Cc1cc(F)cc(F)c1)OC(N)=O. The van der Waals surface area contributed by atoms with Crippen LogP contribution in [0.1, 0.15) is 26.3 Å². The van der Waals surface area contributed by atoms with Gasteiger partial charge in [-0.25, -0.2) is 13.6 Å². The van der Waals surface area contributed by atoms with Gasteiger partial charge in [0.2, 0.25) is 0 Å². The van der Waals surface area contributed by atoms with Crippen molar-refractivity contribution in [2.45, 2.75) is 44.9 Å². The van der Waals surface area contributed by atoms with Crippen LogP contribution in [-0.2, 0) is 11.2 Å². The molecule has 2 unspecified atom stereocenters. The van der Waals surface area contributed by atoms with E-state index in [0.717, 1.165) is 18.2 Å². The topological polar surface area (TPSA) is 84.6 Å². The molecule has 0 spiro atoms. The Kier molecular flexibility index (Phi) is 6.25. The van der Waals surface area contributed by atoms with Crippen LogP contribution in [0, 0.1) is 11.6 Å². The Morgan fingerprint density at radius 1 is 1.32 bits per heavy atom. The van der Waals surface area contributed by atoms with Crippen LogP contribution in [0.4, 0.5) is 13.6 Å². The molecule has 5 nitrogen and oxygen atoms in total. The normalized spacial score (nSPS) is 14.5. The fraction of sp³-hybridized carbons (Fsp3) is 0.533. The molecule has 1 rings (SSSR count). The molecule has 2 atom stereocenters. The van der Waals surface area contributed by atoms with Gasteiger partial charge in [0, 0.05) is 24.6 Å². The van der Waals surface area contributed by atoms with E-state index in [-0.39, 0.29) is 24.1 Å². The molecule has 4 N–H and O–H groups in total. The van der Waals surface area contributed by atoms with Crippen molar-refractivity contribution in [3.8, 4) is 0 Å². The Labute approximate surface area is 128 Å². The van der Waals surface area contributed by atoms with Gasteiger partial charge in [0.1, 0.15) is 23.8 Å². The van der Waals surface area contributed by atoms with Crippen molar-refractivity contribution in [3.05, 3.63) is 35.4 Å². The van der Waals surface area contributed by atoms with Gasteiger partial charge in [0.15, 0.2) is 0 Å². The fourth-order valence-corrected chi connectivity index (χ4v) is 1.91. The predicted molar refractivity (Wildman–Crippen MR) is 78.3 cm³/mol. The average molecular weight is 316 g/mol. The second-order valence-electron chi connectivity index (χ2n) is 6.16. The number of carbonyl (C=O) groups excluding carboxylic acids is 1. The van der Waals surface area contributed by atoms with E-state index in [4.69, 9.17) is 10.5 Å². The molecule has 0 saturated heterocycles. The van der Waals surface area contributed by atoms with Crippen molar-refractivity contribution < 1.29 is 23.4 Å². The van der Waals surface area contributed by atoms with Gasteiger partial charge in [-0.05, 0) is 38.5 Å². The van der Waals surface area contributed by atoms with E-state index in [2.05, 4.69) is 5.32 Å². The van der Waals surface area contributed by atoms with Crippen LogP contribution in [0.25, 0.3) is 0 Å². The van der Waals surface area contributed by atoms with Gasteiger partial charge in [-0.1, -0.05) is 0 Å². The first-order valence-corrected chi connectivity index (χ1v) is 6.91. The van der Waals surface area contributed by atoms with Gasteiger partial charge in [-0.2, -0.15) is 0 Å². The summed E-state index contributed by atoms with van der Waals surface area (Å²) in [4.78, 5) is 11.0. The van der Waals surface area contributed by atoms with Crippen molar-refractivity contribution in [3.63, 3.8) is 0 Å². The molecule has 1 aromatic rings. The Hall–Kier alpha value is -1.73. The molecule has 0 radical (unpaired) electrons. The minimum atomic E-state index is -1.07. The quantitative estimate of drug-likeness (QED) is 0.746. The van der Waals surface area contributed by atoms with Gasteiger partial charge in [-0.3, -0.25) is 0 Å². The van der Waals surface area contributed by atoms with Crippen LogP contribution >= 0.6 is 0 Å². The molecular weight excluding hydrogens is 294 g/mol. The van der Waals surface area contributed by atoms with E-state index in [1.165, 1.54) is 0 Å². The van der Waals surface area contributed by atoms with Gasteiger partial charge in [0.05, 0.1) is 0 Å². The highest BCUT2D eigenvalue weighted by molar-refractivity contribution is 5.64. The van der Waals surface area contributed by atoms with Crippen LogP contribution in [0.5, 0.6) is 0 Å². The number of halogens is 2. The molecule has 1 amide bonds. The summed E-state index contributed by atoms with van der Waals surface area (Å²) in [5, 5.41) is 13.2. The molecule has 0 aromatic heterocycles. The van der Waals surface area contributed by atoms with Crippen molar-refractivity contribution in [1.82, 2.24) is 5.32 Å². The first kappa shape index (κ1) is 18.3. The van der Waals surface area contributed by atoms with E-state index < -0.39 is 29.9 Å². The van der Waals surface area contributed by atoms with E-state index in [9.17, 15) is 18.7 Å². The van der Waals surface area contributed by atoms with Crippen LogP contribution in [0.3, 0.4) is 0 Å². The first-order valence-electron chi connectivity index (χ1n) is 6.91. The number of hydrogen-bond acceptors (Lipinski definition) is 4. The number of amides is 1. The van der Waals surface area contributed by atoms with Gasteiger partial charge in [-0.15, -0.1) is 0 Å². The standard InChI is InChI=1S/C15H22F2N2O3/c1-15(2,3)19-8-12(20)13(22-14(18)21)6-9-4-10(16)7-11(17)5-9/h4-5,7,12-13,19-20H,6,8H2,1-3H3,(H2,18,21). The lowest BCUT2D eigenvalue weighted by molar-refractivity contribution is 0.00481. The third-order valence-electron chi connectivity index (χ3n) is 2.90. The average Bonchev–Trinajstić information content (AvgIpc) is 2.32. The Morgan fingerprint density at radius 3 is 2.32 bits per heavy atom. The monoisotopic (exact) mass is 316 g/mol. The largest absolute Gasteiger partial charge is 0.443 e. The van der Waals surface area contributed by atoms with E-state index >= 15 is 0 Å². The summed E-state index contributed by atoms with van der Waals surface area (Å²) < 4.78 is 31.3. The molecule has 7 heteroatoms. The summed E-state index contributed by atoms with van der Waals surface area (Å²) in [7, 11) is 0. The minimum absolute atomic E-state index is 0.0510. The second kappa shape index (κ2) is 7.51. The predicted octanol–water partition coefficient (Wildman–Crippen LogP) is 1.72. The molecule has 0 aliphatic heterocycles. The molecule has 0 saturated carbocycles. The van der Waals surface area contributed by atoms with Crippen molar-refractivity contribution >= 4 is 6.09 Å². The Bertz CT molecular complexity index is 498. The van der Waals surface area contributed by atoms with Crippen molar-refractivity contribution in [1.29, 1.82) is 0 Å². The zero-order chi connectivity index (χ0) is 16.9. The molecular formula is C15H22F2N2O3. The smallest absolute Gasteiger partial charge is 0.404 e. The molecule has 124 valence electrons. The number of primary amides is 1. The van der Waals surface area contributed by atoms with Crippen LogP contribution < -0.4 is 11.1 Å². The minimum Gasteiger partial charge on any atom is -0.443 e. The number of rotatable bonds is 6. The van der Waals surface area contributed by atoms with Gasteiger partial charge >= 0.3 is 6.09 Å². The summed E-state index contributed by atoms with van der Waals surface area (Å²) in [6.07, 6.45) is -3.19. The lowest BCUT2D eigenvalue weighted by Gasteiger charge is -2.27. The maximum Gasteiger partial charge on any atom is 0.404 e. The number of nitrogens with one attached hydrogen (secondary N) is 1. The lowest BCUT2D eigenvalue weighted by Crippen LogP contribution is -2.46. The first-order chi connectivity index (χ1) is 10.1. The molecule has 0 heterocycles. The number of nitrogens with two attached hydrogens (primary N) is 1. The highest BCUT2D eigenvalue weighted by Crippen LogP contribution is 2.14. The van der Waals surface area contributed by atoms with Crippen LogP contribution in [0.15, 0.2) is 18.2 Å².